The molecular formula is C23H22FN3O3S. The van der Waals surface area contributed by atoms with Gasteiger partial charge in [-0.3, -0.25) is 9.78 Å². The number of halogens is 1. The van der Waals surface area contributed by atoms with E-state index in [4.69, 9.17) is 0 Å². The zero-order chi connectivity index (χ0) is 22.0. The molecule has 1 aliphatic heterocycles. The Morgan fingerprint density at radius 2 is 1.74 bits per heavy atom. The molecule has 160 valence electrons. The van der Waals surface area contributed by atoms with Gasteiger partial charge >= 0.3 is 0 Å². The fourth-order valence-electron chi connectivity index (χ4n) is 3.64. The second kappa shape index (κ2) is 8.56. The monoisotopic (exact) mass is 439 g/mol. The molecule has 3 aromatic rings. The Morgan fingerprint density at radius 3 is 2.45 bits per heavy atom. The number of hydrogen-bond donors (Lipinski definition) is 0. The number of aromatic nitrogens is 1. The number of pyridine rings is 1. The molecule has 1 fully saturated rings. The van der Waals surface area contributed by atoms with Gasteiger partial charge in [0.1, 0.15) is 5.82 Å². The van der Waals surface area contributed by atoms with E-state index in [1.165, 1.54) is 21.8 Å². The highest BCUT2D eigenvalue weighted by Gasteiger charge is 2.28. The van der Waals surface area contributed by atoms with Crippen molar-refractivity contribution in [3.05, 3.63) is 82.6 Å². The minimum Gasteiger partial charge on any atom is -0.336 e. The van der Waals surface area contributed by atoms with Crippen LogP contribution in [0.2, 0.25) is 0 Å². The number of rotatable bonds is 4. The van der Waals surface area contributed by atoms with Gasteiger partial charge in [0.2, 0.25) is 10.0 Å². The summed E-state index contributed by atoms with van der Waals surface area (Å²) in [6.45, 7) is 2.74. The summed E-state index contributed by atoms with van der Waals surface area (Å²) in [7, 11) is -3.58. The smallest absolute Gasteiger partial charge is 0.254 e. The number of aryl methyl sites for hydroxylation is 1. The normalized spacial score (nSPS) is 15.6. The predicted octanol–water partition coefficient (Wildman–Crippen LogP) is 3.44. The van der Waals surface area contributed by atoms with Gasteiger partial charge in [0.05, 0.1) is 11.1 Å². The van der Waals surface area contributed by atoms with E-state index >= 15 is 0 Å². The summed E-state index contributed by atoms with van der Waals surface area (Å²) in [5, 5.41) is 1.78. The second-order valence-electron chi connectivity index (χ2n) is 7.42. The van der Waals surface area contributed by atoms with E-state index in [-0.39, 0.29) is 32.1 Å². The van der Waals surface area contributed by atoms with Crippen molar-refractivity contribution in [2.75, 3.05) is 26.2 Å². The average molecular weight is 440 g/mol. The van der Waals surface area contributed by atoms with Crippen LogP contribution in [0.5, 0.6) is 0 Å². The van der Waals surface area contributed by atoms with Gasteiger partial charge in [0, 0.05) is 48.7 Å². The van der Waals surface area contributed by atoms with Crippen LogP contribution in [0.25, 0.3) is 17.0 Å². The molecular weight excluding hydrogens is 417 g/mol. The summed E-state index contributed by atoms with van der Waals surface area (Å²) in [6, 6.07) is 15.1. The van der Waals surface area contributed by atoms with Crippen LogP contribution in [-0.2, 0) is 10.0 Å². The van der Waals surface area contributed by atoms with Gasteiger partial charge < -0.3 is 4.90 Å². The third-order valence-corrected chi connectivity index (χ3v) is 6.81. The molecule has 1 aromatic heterocycles. The third kappa shape index (κ3) is 4.65. The first-order chi connectivity index (χ1) is 14.8. The quantitative estimate of drug-likeness (QED) is 0.624. The number of carbonyl (C=O) groups is 1. The van der Waals surface area contributed by atoms with Crippen molar-refractivity contribution in [2.45, 2.75) is 6.92 Å². The number of hydrogen-bond acceptors (Lipinski definition) is 4. The summed E-state index contributed by atoms with van der Waals surface area (Å²) in [5.74, 6) is -0.620. The van der Waals surface area contributed by atoms with Gasteiger partial charge in [-0.05, 0) is 36.8 Å². The van der Waals surface area contributed by atoms with E-state index < -0.39 is 15.8 Å². The molecule has 6 nitrogen and oxygen atoms in total. The van der Waals surface area contributed by atoms with E-state index in [1.807, 2.05) is 30.3 Å². The number of amides is 1. The first-order valence-electron chi connectivity index (χ1n) is 9.93. The van der Waals surface area contributed by atoms with E-state index in [0.29, 0.717) is 22.2 Å². The van der Waals surface area contributed by atoms with Crippen molar-refractivity contribution in [1.29, 1.82) is 0 Å². The largest absolute Gasteiger partial charge is 0.336 e. The van der Waals surface area contributed by atoms with Gasteiger partial charge in [-0.2, -0.15) is 4.31 Å². The highest BCUT2D eigenvalue weighted by molar-refractivity contribution is 7.92. The molecule has 8 heteroatoms. The van der Waals surface area contributed by atoms with Gasteiger partial charge in [-0.1, -0.05) is 30.3 Å². The fourth-order valence-corrected chi connectivity index (χ4v) is 4.82. The maximum Gasteiger partial charge on any atom is 0.254 e. The lowest BCUT2D eigenvalue weighted by Crippen LogP contribution is -2.50. The Kier molecular flexibility index (Phi) is 5.84. The van der Waals surface area contributed by atoms with E-state index in [9.17, 15) is 17.6 Å². The number of piperazine rings is 1. The molecule has 0 radical (unpaired) electrons. The molecule has 1 saturated heterocycles. The Bertz CT molecular complexity index is 1250. The first-order valence-corrected chi connectivity index (χ1v) is 11.4. The number of carbonyl (C=O) groups excluding carboxylic acids is 1. The maximum absolute atomic E-state index is 13.6. The lowest BCUT2D eigenvalue weighted by atomic mass is 10.1. The maximum atomic E-state index is 13.6. The predicted molar refractivity (Wildman–Crippen MR) is 118 cm³/mol. The lowest BCUT2D eigenvalue weighted by molar-refractivity contribution is 0.0700. The van der Waals surface area contributed by atoms with Gasteiger partial charge in [-0.25, -0.2) is 12.8 Å². The van der Waals surface area contributed by atoms with Crippen molar-refractivity contribution in [2.24, 2.45) is 0 Å². The highest BCUT2D eigenvalue weighted by Crippen LogP contribution is 2.22. The molecule has 31 heavy (non-hydrogen) atoms. The van der Waals surface area contributed by atoms with Crippen molar-refractivity contribution < 1.29 is 17.6 Å². The Balaban J connectivity index is 1.48. The molecule has 0 saturated carbocycles. The number of benzene rings is 2. The number of fused-ring (bicyclic) bond motifs is 1. The van der Waals surface area contributed by atoms with E-state index in [0.717, 1.165) is 5.56 Å². The van der Waals surface area contributed by atoms with E-state index in [2.05, 4.69) is 4.98 Å². The molecule has 0 aliphatic carbocycles. The zero-order valence-corrected chi connectivity index (χ0v) is 17.8. The molecule has 0 unspecified atom stereocenters. The van der Waals surface area contributed by atoms with Crippen LogP contribution in [0, 0.1) is 12.7 Å². The summed E-state index contributed by atoms with van der Waals surface area (Å²) < 4.78 is 40.3. The molecule has 0 bridgehead atoms. The van der Waals surface area contributed by atoms with Crippen LogP contribution in [-0.4, -0.2) is 54.7 Å². The molecule has 2 aromatic carbocycles. The Labute approximate surface area is 180 Å². The van der Waals surface area contributed by atoms with Crippen LogP contribution in [0.1, 0.15) is 21.6 Å². The SMILES string of the molecule is Cc1cc(C(=O)N2CCN(S(=O)(=O)/C=C/c3ccccc3)CC2)c2ccc(F)cc2n1. The van der Waals surface area contributed by atoms with Crippen molar-refractivity contribution in [3.8, 4) is 0 Å². The minimum absolute atomic E-state index is 0.209. The summed E-state index contributed by atoms with van der Waals surface area (Å²) in [6.07, 6.45) is 1.57. The molecule has 1 aliphatic rings. The van der Waals surface area contributed by atoms with Crippen LogP contribution >= 0.6 is 0 Å². The van der Waals surface area contributed by atoms with Crippen molar-refractivity contribution >= 4 is 32.9 Å². The van der Waals surface area contributed by atoms with Gasteiger partial charge in [0.25, 0.3) is 5.91 Å². The lowest BCUT2D eigenvalue weighted by Gasteiger charge is -2.33. The second-order valence-corrected chi connectivity index (χ2v) is 9.24. The van der Waals surface area contributed by atoms with Gasteiger partial charge in [0.15, 0.2) is 0 Å². The first kappa shape index (κ1) is 21.1. The van der Waals surface area contributed by atoms with E-state index in [1.54, 1.807) is 30.0 Å². The van der Waals surface area contributed by atoms with Crippen LogP contribution in [0.4, 0.5) is 4.39 Å². The standard InChI is InChI=1S/C23H22FN3O3S/c1-17-15-21(20-8-7-19(24)16-22(20)25-17)23(28)26-10-12-27(13-11-26)31(29,30)14-9-18-5-3-2-4-6-18/h2-9,14-16H,10-13H2,1H3/b14-9+. The fraction of sp³-hybridized carbons (Fsp3) is 0.217. The number of nitrogens with zero attached hydrogens (tertiary/aromatic N) is 3. The summed E-state index contributed by atoms with van der Waals surface area (Å²) in [5.41, 5.74) is 2.29. The highest BCUT2D eigenvalue weighted by atomic mass is 32.2. The van der Waals surface area contributed by atoms with Crippen molar-refractivity contribution in [1.82, 2.24) is 14.2 Å². The topological polar surface area (TPSA) is 70.6 Å². The van der Waals surface area contributed by atoms with Crippen LogP contribution in [0.3, 0.4) is 0 Å². The molecule has 4 rings (SSSR count). The Morgan fingerprint density at radius 1 is 1.03 bits per heavy atom. The summed E-state index contributed by atoms with van der Waals surface area (Å²) in [4.78, 5) is 19.1. The molecule has 0 atom stereocenters. The molecule has 2 heterocycles. The van der Waals surface area contributed by atoms with Crippen LogP contribution in [0.15, 0.2) is 60.0 Å². The summed E-state index contributed by atoms with van der Waals surface area (Å²) >= 11 is 0. The third-order valence-electron chi connectivity index (χ3n) is 5.25. The zero-order valence-electron chi connectivity index (χ0n) is 17.0. The molecule has 0 spiro atoms. The average Bonchev–Trinajstić information content (AvgIpc) is 2.77. The molecule has 1 amide bonds. The van der Waals surface area contributed by atoms with Crippen LogP contribution < -0.4 is 0 Å². The molecule has 0 N–H and O–H groups in total. The van der Waals surface area contributed by atoms with Crippen molar-refractivity contribution in [3.63, 3.8) is 0 Å². The minimum atomic E-state index is -3.58. The number of sulfonamides is 1. The van der Waals surface area contributed by atoms with Gasteiger partial charge in [-0.15, -0.1) is 0 Å². The Hall–Kier alpha value is -3.10.